The third-order valence-electron chi connectivity index (χ3n) is 2.48. The van der Waals surface area contributed by atoms with Crippen LogP contribution in [0.15, 0.2) is 24.3 Å². The van der Waals surface area contributed by atoms with Crippen molar-refractivity contribution in [2.24, 2.45) is 0 Å². The summed E-state index contributed by atoms with van der Waals surface area (Å²) >= 11 is 2.11. The van der Waals surface area contributed by atoms with E-state index < -0.39 is 12.7 Å². The molecule has 19 heavy (non-hydrogen) atoms. The molecule has 0 aliphatic heterocycles. The van der Waals surface area contributed by atoms with Gasteiger partial charge in [-0.05, 0) is 47.7 Å². The number of hydrogen-bond acceptors (Lipinski definition) is 2. The van der Waals surface area contributed by atoms with Gasteiger partial charge in [-0.15, -0.1) is 0 Å². The smallest absolute Gasteiger partial charge is 0.293 e. The summed E-state index contributed by atoms with van der Waals surface area (Å²) in [5.41, 5.74) is 0.448. The van der Waals surface area contributed by atoms with Crippen LogP contribution in [0.2, 0.25) is 0 Å². The molecule has 6 heteroatoms. The lowest BCUT2D eigenvalue weighted by Gasteiger charge is -2.22. The zero-order valence-electron chi connectivity index (χ0n) is 10.5. The summed E-state index contributed by atoms with van der Waals surface area (Å²) in [4.78, 5) is 13.1. The molecule has 0 saturated heterocycles. The zero-order chi connectivity index (χ0) is 14.5. The molecule has 0 saturated carbocycles. The summed E-state index contributed by atoms with van der Waals surface area (Å²) in [6, 6.07) is 6.81. The van der Waals surface area contributed by atoms with Gasteiger partial charge in [0.2, 0.25) is 0 Å². The quantitative estimate of drug-likeness (QED) is 0.549. The summed E-state index contributed by atoms with van der Waals surface area (Å²) in [7, 11) is 0. The lowest BCUT2D eigenvalue weighted by molar-refractivity contribution is -0.144. The predicted octanol–water partition coefficient (Wildman–Crippen LogP) is 3.75. The highest BCUT2D eigenvalue weighted by Gasteiger charge is 2.31. The van der Waals surface area contributed by atoms with Crippen LogP contribution >= 0.6 is 22.6 Å². The van der Waals surface area contributed by atoms with E-state index in [0.717, 1.165) is 8.47 Å². The van der Waals surface area contributed by atoms with Crippen molar-refractivity contribution in [3.05, 3.63) is 33.4 Å². The summed E-state index contributed by atoms with van der Waals surface area (Å²) < 4.78 is 38.1. The van der Waals surface area contributed by atoms with E-state index in [-0.39, 0.29) is 18.9 Å². The molecule has 0 aromatic heterocycles. The van der Waals surface area contributed by atoms with Gasteiger partial charge in [0.05, 0.1) is 13.1 Å². The molecule has 2 nitrogen and oxygen atoms in total. The fourth-order valence-corrected chi connectivity index (χ4v) is 2.07. The molecule has 0 unspecified atom stereocenters. The molecular formula is C13H15F3INO. The van der Waals surface area contributed by atoms with Crippen LogP contribution in [0.1, 0.15) is 23.7 Å². The Bertz CT molecular complexity index is 417. The van der Waals surface area contributed by atoms with Gasteiger partial charge in [-0.1, -0.05) is 19.1 Å². The molecule has 0 heterocycles. The van der Waals surface area contributed by atoms with Crippen LogP contribution in [-0.2, 0) is 0 Å². The number of carbonyl (C=O) groups excluding carboxylic acids is 1. The number of nitrogens with zero attached hydrogens (tertiary/aromatic N) is 1. The van der Waals surface area contributed by atoms with Crippen molar-refractivity contribution in [2.45, 2.75) is 19.5 Å². The minimum atomic E-state index is -4.28. The maximum Gasteiger partial charge on any atom is 0.401 e. The van der Waals surface area contributed by atoms with E-state index in [9.17, 15) is 18.0 Å². The van der Waals surface area contributed by atoms with Crippen LogP contribution in [0.5, 0.6) is 0 Å². The van der Waals surface area contributed by atoms with Gasteiger partial charge in [0.1, 0.15) is 0 Å². The van der Waals surface area contributed by atoms with Crippen molar-refractivity contribution in [2.75, 3.05) is 19.6 Å². The highest BCUT2D eigenvalue weighted by molar-refractivity contribution is 14.1. The molecule has 0 radical (unpaired) electrons. The van der Waals surface area contributed by atoms with Crippen molar-refractivity contribution in [3.63, 3.8) is 0 Å². The Morgan fingerprint density at radius 2 is 1.84 bits per heavy atom. The second-order valence-electron chi connectivity index (χ2n) is 4.26. The highest BCUT2D eigenvalue weighted by atomic mass is 127. The SMILES string of the molecule is CCCN(CC(=O)c1ccc(I)cc1)CC(F)(F)F. The van der Waals surface area contributed by atoms with E-state index in [1.807, 2.05) is 0 Å². The Balaban J connectivity index is 2.68. The Hall–Kier alpha value is -0.630. The first-order valence-corrected chi connectivity index (χ1v) is 6.97. The average Bonchev–Trinajstić information content (AvgIpc) is 2.27. The molecule has 0 amide bonds. The summed E-state index contributed by atoms with van der Waals surface area (Å²) in [6.45, 7) is 0.805. The van der Waals surface area contributed by atoms with Gasteiger partial charge in [-0.3, -0.25) is 9.69 Å². The minimum absolute atomic E-state index is 0.200. The molecule has 106 valence electrons. The molecule has 1 aromatic rings. The molecule has 1 aromatic carbocycles. The fraction of sp³-hybridized carbons (Fsp3) is 0.462. The molecular weight excluding hydrogens is 370 g/mol. The van der Waals surface area contributed by atoms with Crippen LogP contribution in [0, 0.1) is 3.57 Å². The van der Waals surface area contributed by atoms with Gasteiger partial charge in [0.25, 0.3) is 0 Å². The van der Waals surface area contributed by atoms with Crippen LogP contribution < -0.4 is 0 Å². The molecule has 0 aliphatic carbocycles. The second kappa shape index (κ2) is 7.23. The Morgan fingerprint density at radius 1 is 1.26 bits per heavy atom. The lowest BCUT2D eigenvalue weighted by atomic mass is 10.1. The summed E-state index contributed by atoms with van der Waals surface area (Å²) in [6.07, 6.45) is -3.70. The van der Waals surface area contributed by atoms with Gasteiger partial charge < -0.3 is 0 Å². The number of halogens is 4. The number of Topliss-reactive ketones (excluding diaryl/α,β-unsaturated/α-hetero) is 1. The van der Waals surface area contributed by atoms with Crippen LogP contribution in [0.25, 0.3) is 0 Å². The molecule has 0 spiro atoms. The average molecular weight is 385 g/mol. The van der Waals surface area contributed by atoms with Crippen LogP contribution in [0.4, 0.5) is 13.2 Å². The van der Waals surface area contributed by atoms with Crippen molar-refractivity contribution in [3.8, 4) is 0 Å². The predicted molar refractivity (Wildman–Crippen MR) is 76.3 cm³/mol. The van der Waals surface area contributed by atoms with E-state index in [2.05, 4.69) is 22.6 Å². The van der Waals surface area contributed by atoms with Crippen molar-refractivity contribution < 1.29 is 18.0 Å². The zero-order valence-corrected chi connectivity index (χ0v) is 12.7. The van der Waals surface area contributed by atoms with E-state index in [1.54, 1.807) is 31.2 Å². The maximum absolute atomic E-state index is 12.4. The highest BCUT2D eigenvalue weighted by Crippen LogP contribution is 2.17. The Morgan fingerprint density at radius 3 is 2.32 bits per heavy atom. The van der Waals surface area contributed by atoms with Gasteiger partial charge >= 0.3 is 6.18 Å². The van der Waals surface area contributed by atoms with Crippen LogP contribution in [-0.4, -0.2) is 36.5 Å². The molecule has 0 fully saturated rings. The largest absolute Gasteiger partial charge is 0.401 e. The van der Waals surface area contributed by atoms with Gasteiger partial charge in [0.15, 0.2) is 5.78 Å². The monoisotopic (exact) mass is 385 g/mol. The summed E-state index contributed by atoms with van der Waals surface area (Å²) in [5, 5.41) is 0. The number of hydrogen-bond donors (Lipinski definition) is 0. The second-order valence-corrected chi connectivity index (χ2v) is 5.50. The number of alkyl halides is 3. The Labute approximate surface area is 124 Å². The molecule has 1 rings (SSSR count). The normalized spacial score (nSPS) is 11.9. The first-order valence-electron chi connectivity index (χ1n) is 5.89. The van der Waals surface area contributed by atoms with Gasteiger partial charge in [-0.25, -0.2) is 0 Å². The summed E-state index contributed by atoms with van der Waals surface area (Å²) in [5.74, 6) is -0.283. The van der Waals surface area contributed by atoms with E-state index in [4.69, 9.17) is 0 Å². The third-order valence-corrected chi connectivity index (χ3v) is 3.20. The number of ketones is 1. The van der Waals surface area contributed by atoms with Crippen molar-refractivity contribution in [1.82, 2.24) is 4.90 Å². The molecule has 0 N–H and O–H groups in total. The number of benzene rings is 1. The standard InChI is InChI=1S/C13H15F3INO/c1-2-7-18(9-13(14,15)16)8-12(19)10-3-5-11(17)6-4-10/h3-6H,2,7-9H2,1H3. The van der Waals surface area contributed by atoms with Gasteiger partial charge in [0, 0.05) is 9.13 Å². The molecule has 0 bridgehead atoms. The third kappa shape index (κ3) is 6.38. The van der Waals surface area contributed by atoms with E-state index in [0.29, 0.717) is 12.0 Å². The van der Waals surface area contributed by atoms with Gasteiger partial charge in [-0.2, -0.15) is 13.2 Å². The van der Waals surface area contributed by atoms with E-state index in [1.165, 1.54) is 0 Å². The minimum Gasteiger partial charge on any atom is -0.293 e. The first kappa shape index (κ1) is 16.4. The topological polar surface area (TPSA) is 20.3 Å². The first-order chi connectivity index (χ1) is 8.81. The van der Waals surface area contributed by atoms with E-state index >= 15 is 0 Å². The van der Waals surface area contributed by atoms with Crippen molar-refractivity contribution in [1.29, 1.82) is 0 Å². The molecule has 0 aliphatic rings. The molecule has 0 atom stereocenters. The maximum atomic E-state index is 12.4. The number of rotatable bonds is 6. The van der Waals surface area contributed by atoms with Crippen molar-refractivity contribution >= 4 is 28.4 Å². The fourth-order valence-electron chi connectivity index (χ4n) is 1.71. The lowest BCUT2D eigenvalue weighted by Crippen LogP contribution is -2.38. The van der Waals surface area contributed by atoms with Crippen LogP contribution in [0.3, 0.4) is 0 Å². The number of carbonyl (C=O) groups is 1. The Kier molecular flexibility index (Phi) is 6.25.